The van der Waals surface area contributed by atoms with Crippen LogP contribution in [0.2, 0.25) is 5.02 Å². The Balaban J connectivity index is 2.15. The molecule has 21 heavy (non-hydrogen) atoms. The average Bonchev–Trinajstić information content (AvgIpc) is 2.82. The normalized spacial score (nSPS) is 10.4. The maximum atomic E-state index is 12.3. The van der Waals surface area contributed by atoms with Gasteiger partial charge in [0.1, 0.15) is 5.02 Å². The molecule has 0 saturated heterocycles. The van der Waals surface area contributed by atoms with Gasteiger partial charge in [0.05, 0.1) is 11.5 Å². The number of benzene rings is 1. The van der Waals surface area contributed by atoms with Crippen LogP contribution in [0.25, 0.3) is 0 Å². The van der Waals surface area contributed by atoms with E-state index < -0.39 is 4.92 Å². The molecule has 0 aliphatic carbocycles. The van der Waals surface area contributed by atoms with E-state index in [1.54, 1.807) is 18.4 Å². The van der Waals surface area contributed by atoms with Crippen LogP contribution in [0.4, 0.5) is 5.69 Å². The topological polar surface area (TPSA) is 63.5 Å². The van der Waals surface area contributed by atoms with Crippen molar-refractivity contribution < 1.29 is 9.72 Å². The molecule has 0 bridgehead atoms. The van der Waals surface area contributed by atoms with E-state index in [9.17, 15) is 14.9 Å². The zero-order valence-electron chi connectivity index (χ0n) is 10.9. The SMILES string of the molecule is CN(Cc1cc(Br)cs1)C(=O)c1ccc([N+](=O)[O-])c(Cl)c1. The van der Waals surface area contributed by atoms with Crippen LogP contribution in [0.3, 0.4) is 0 Å². The van der Waals surface area contributed by atoms with Gasteiger partial charge in [-0.3, -0.25) is 14.9 Å². The minimum absolute atomic E-state index is 0.0434. The Morgan fingerprint density at radius 3 is 2.71 bits per heavy atom. The first-order valence-electron chi connectivity index (χ1n) is 5.81. The molecule has 0 aliphatic heterocycles. The first-order chi connectivity index (χ1) is 9.88. The van der Waals surface area contributed by atoms with E-state index in [0.29, 0.717) is 12.1 Å². The zero-order chi connectivity index (χ0) is 15.6. The number of hydrogen-bond donors (Lipinski definition) is 0. The number of nitro groups is 1. The van der Waals surface area contributed by atoms with Gasteiger partial charge in [0.25, 0.3) is 11.6 Å². The molecule has 2 aromatic rings. The van der Waals surface area contributed by atoms with E-state index in [4.69, 9.17) is 11.6 Å². The molecule has 0 aliphatic rings. The van der Waals surface area contributed by atoms with E-state index in [-0.39, 0.29) is 16.6 Å². The van der Waals surface area contributed by atoms with E-state index in [1.165, 1.54) is 23.1 Å². The van der Waals surface area contributed by atoms with Crippen molar-refractivity contribution in [1.82, 2.24) is 4.90 Å². The molecule has 110 valence electrons. The summed E-state index contributed by atoms with van der Waals surface area (Å²) in [7, 11) is 1.67. The summed E-state index contributed by atoms with van der Waals surface area (Å²) in [5, 5.41) is 12.6. The fourth-order valence-electron chi connectivity index (χ4n) is 1.75. The Hall–Kier alpha value is -1.44. The second kappa shape index (κ2) is 6.55. The van der Waals surface area contributed by atoms with Crippen LogP contribution < -0.4 is 0 Å². The molecule has 1 amide bonds. The van der Waals surface area contributed by atoms with Gasteiger partial charge in [-0.15, -0.1) is 11.3 Å². The molecule has 0 spiro atoms. The van der Waals surface area contributed by atoms with Gasteiger partial charge in [-0.1, -0.05) is 11.6 Å². The molecule has 0 N–H and O–H groups in total. The summed E-state index contributed by atoms with van der Waals surface area (Å²) in [4.78, 5) is 25.0. The Labute approximate surface area is 138 Å². The molecule has 0 saturated carbocycles. The summed E-state index contributed by atoms with van der Waals surface area (Å²) >= 11 is 10.7. The molecule has 8 heteroatoms. The van der Waals surface area contributed by atoms with Crippen LogP contribution in [-0.4, -0.2) is 22.8 Å². The Morgan fingerprint density at radius 1 is 1.48 bits per heavy atom. The van der Waals surface area contributed by atoms with Gasteiger partial charge in [-0.2, -0.15) is 0 Å². The van der Waals surface area contributed by atoms with Crippen molar-refractivity contribution in [3.63, 3.8) is 0 Å². The summed E-state index contributed by atoms with van der Waals surface area (Å²) in [5.41, 5.74) is 0.113. The second-order valence-corrected chi connectivity index (χ2v) is 6.63. The predicted molar refractivity (Wildman–Crippen MR) is 85.9 cm³/mol. The molecule has 0 unspecified atom stereocenters. The maximum Gasteiger partial charge on any atom is 0.287 e. The smallest absolute Gasteiger partial charge is 0.287 e. The first kappa shape index (κ1) is 15.9. The van der Waals surface area contributed by atoms with Crippen molar-refractivity contribution in [2.45, 2.75) is 6.54 Å². The fraction of sp³-hybridized carbons (Fsp3) is 0.154. The number of halogens is 2. The lowest BCUT2D eigenvalue weighted by Crippen LogP contribution is -2.25. The number of carbonyl (C=O) groups excluding carboxylic acids is 1. The summed E-state index contributed by atoms with van der Waals surface area (Å²) in [6.07, 6.45) is 0. The molecule has 0 radical (unpaired) electrons. The third-order valence-electron chi connectivity index (χ3n) is 2.75. The lowest BCUT2D eigenvalue weighted by molar-refractivity contribution is -0.384. The standard InChI is InChI=1S/C13H10BrClN2O3S/c1-16(6-10-5-9(14)7-21-10)13(18)8-2-3-12(17(19)20)11(15)4-8/h2-5,7H,6H2,1H3. The number of nitrogens with zero attached hydrogens (tertiary/aromatic N) is 2. The Bertz CT molecular complexity index is 704. The number of thiophene rings is 1. The highest BCUT2D eigenvalue weighted by Gasteiger charge is 2.18. The highest BCUT2D eigenvalue weighted by atomic mass is 79.9. The number of hydrogen-bond acceptors (Lipinski definition) is 4. The summed E-state index contributed by atoms with van der Waals surface area (Å²) in [6.45, 7) is 0.462. The molecule has 0 fully saturated rings. The average molecular weight is 390 g/mol. The van der Waals surface area contributed by atoms with Crippen molar-refractivity contribution in [2.75, 3.05) is 7.05 Å². The lowest BCUT2D eigenvalue weighted by atomic mass is 10.2. The van der Waals surface area contributed by atoms with E-state index in [0.717, 1.165) is 9.35 Å². The number of nitro benzene ring substituents is 1. The molecule has 2 rings (SSSR count). The minimum atomic E-state index is -0.580. The molecule has 1 aromatic carbocycles. The van der Waals surface area contributed by atoms with E-state index in [2.05, 4.69) is 15.9 Å². The van der Waals surface area contributed by atoms with Gasteiger partial charge in [0.15, 0.2) is 0 Å². The minimum Gasteiger partial charge on any atom is -0.337 e. The van der Waals surface area contributed by atoms with Crippen LogP contribution in [0.15, 0.2) is 34.1 Å². The highest BCUT2D eigenvalue weighted by molar-refractivity contribution is 9.10. The predicted octanol–water partition coefficient (Wildman–Crippen LogP) is 4.34. The third kappa shape index (κ3) is 3.81. The van der Waals surface area contributed by atoms with E-state index in [1.807, 2.05) is 11.4 Å². The van der Waals surface area contributed by atoms with Gasteiger partial charge in [0.2, 0.25) is 0 Å². The van der Waals surface area contributed by atoms with Crippen LogP contribution in [0.1, 0.15) is 15.2 Å². The van der Waals surface area contributed by atoms with Gasteiger partial charge in [-0.25, -0.2) is 0 Å². The van der Waals surface area contributed by atoms with Gasteiger partial charge >= 0.3 is 0 Å². The van der Waals surface area contributed by atoms with Crippen LogP contribution in [-0.2, 0) is 6.54 Å². The first-order valence-corrected chi connectivity index (χ1v) is 7.86. The summed E-state index contributed by atoms with van der Waals surface area (Å²) in [6, 6.07) is 5.92. The van der Waals surface area contributed by atoms with Crippen molar-refractivity contribution in [3.05, 3.63) is 59.7 Å². The molecule has 5 nitrogen and oxygen atoms in total. The largest absolute Gasteiger partial charge is 0.337 e. The van der Waals surface area contributed by atoms with Crippen molar-refractivity contribution >= 4 is 50.5 Å². The molecular weight excluding hydrogens is 380 g/mol. The molecule has 0 atom stereocenters. The van der Waals surface area contributed by atoms with Crippen LogP contribution >= 0.6 is 38.9 Å². The van der Waals surface area contributed by atoms with Crippen LogP contribution in [0.5, 0.6) is 0 Å². The van der Waals surface area contributed by atoms with Crippen LogP contribution in [0, 0.1) is 10.1 Å². The number of amides is 1. The Morgan fingerprint density at radius 2 is 2.19 bits per heavy atom. The highest BCUT2D eigenvalue weighted by Crippen LogP contribution is 2.26. The van der Waals surface area contributed by atoms with E-state index >= 15 is 0 Å². The summed E-state index contributed by atoms with van der Waals surface area (Å²) in [5.74, 6) is -0.240. The fourth-order valence-corrected chi connectivity index (χ4v) is 3.50. The van der Waals surface area contributed by atoms with Crippen molar-refractivity contribution in [1.29, 1.82) is 0 Å². The number of rotatable bonds is 4. The van der Waals surface area contributed by atoms with Gasteiger partial charge in [0, 0.05) is 33.4 Å². The maximum absolute atomic E-state index is 12.3. The lowest BCUT2D eigenvalue weighted by Gasteiger charge is -2.16. The van der Waals surface area contributed by atoms with Crippen molar-refractivity contribution in [2.24, 2.45) is 0 Å². The zero-order valence-corrected chi connectivity index (χ0v) is 14.0. The van der Waals surface area contributed by atoms with Gasteiger partial charge < -0.3 is 4.90 Å². The number of carbonyl (C=O) groups is 1. The molecule has 1 aromatic heterocycles. The summed E-state index contributed by atoms with van der Waals surface area (Å²) < 4.78 is 0.974. The monoisotopic (exact) mass is 388 g/mol. The third-order valence-corrected chi connectivity index (χ3v) is 4.74. The van der Waals surface area contributed by atoms with Crippen molar-refractivity contribution in [3.8, 4) is 0 Å². The molecule has 1 heterocycles. The molecular formula is C13H10BrClN2O3S. The Kier molecular flexibility index (Phi) is 4.97. The van der Waals surface area contributed by atoms with Gasteiger partial charge in [-0.05, 0) is 34.1 Å². The quantitative estimate of drug-likeness (QED) is 0.577. The second-order valence-electron chi connectivity index (χ2n) is 4.32.